The summed E-state index contributed by atoms with van der Waals surface area (Å²) >= 11 is 0. The summed E-state index contributed by atoms with van der Waals surface area (Å²) in [6, 6.07) is 5.63. The van der Waals surface area contributed by atoms with Crippen molar-refractivity contribution in [2.75, 3.05) is 6.54 Å². The molecule has 5 nitrogen and oxygen atoms in total. The number of hydrogen-bond donors (Lipinski definition) is 1. The van der Waals surface area contributed by atoms with Crippen molar-refractivity contribution in [2.45, 2.75) is 4.90 Å². The zero-order valence-electron chi connectivity index (χ0n) is 7.67. The monoisotopic (exact) mass is 224 g/mol. The van der Waals surface area contributed by atoms with Crippen LogP contribution in [0, 0.1) is 17.3 Å². The molecule has 0 heterocycles. The van der Waals surface area contributed by atoms with E-state index >= 15 is 0 Å². The highest BCUT2D eigenvalue weighted by molar-refractivity contribution is 7.89. The first-order chi connectivity index (χ1) is 7.11. The van der Waals surface area contributed by atoms with Gasteiger partial charge in [-0.15, -0.1) is 11.3 Å². The van der Waals surface area contributed by atoms with Crippen molar-refractivity contribution in [1.82, 2.24) is 4.72 Å². The fourth-order valence-electron chi connectivity index (χ4n) is 0.974. The van der Waals surface area contributed by atoms with Gasteiger partial charge in [-0.05, 0) is 17.3 Å². The Bertz CT molecular complexity index is 502. The SMILES string of the molecule is C#CCNS(=O)(=O)c1ccccc1N=O. The average molecular weight is 224 g/mol. The molecule has 1 aromatic carbocycles. The smallest absolute Gasteiger partial charge is 0.207 e. The first kappa shape index (κ1) is 11.4. The molecule has 1 N–H and O–H groups in total. The molecule has 0 aliphatic carbocycles. The third kappa shape index (κ3) is 2.62. The van der Waals surface area contributed by atoms with Crippen molar-refractivity contribution in [3.8, 4) is 12.3 Å². The van der Waals surface area contributed by atoms with Crippen LogP contribution in [-0.4, -0.2) is 15.0 Å². The van der Waals surface area contributed by atoms with E-state index in [2.05, 4.69) is 15.8 Å². The normalized spacial score (nSPS) is 10.6. The molecule has 1 rings (SSSR count). The third-order valence-corrected chi connectivity index (χ3v) is 3.07. The molecule has 6 heteroatoms. The fourth-order valence-corrected chi connectivity index (χ4v) is 2.04. The van der Waals surface area contributed by atoms with Crippen LogP contribution in [-0.2, 0) is 10.0 Å². The summed E-state index contributed by atoms with van der Waals surface area (Å²) in [4.78, 5) is 10.2. The molecule has 78 valence electrons. The minimum absolute atomic E-state index is 0.129. The number of nitrogens with zero attached hydrogens (tertiary/aromatic N) is 1. The van der Waals surface area contributed by atoms with Crippen LogP contribution in [0.1, 0.15) is 0 Å². The summed E-state index contributed by atoms with van der Waals surface area (Å²) in [5, 5.41) is 2.62. The van der Waals surface area contributed by atoms with Crippen LogP contribution in [0.4, 0.5) is 5.69 Å². The first-order valence-corrected chi connectivity index (χ1v) is 5.45. The van der Waals surface area contributed by atoms with Crippen LogP contribution in [0.5, 0.6) is 0 Å². The number of hydrogen-bond acceptors (Lipinski definition) is 4. The van der Waals surface area contributed by atoms with Gasteiger partial charge in [0.15, 0.2) is 0 Å². The maximum Gasteiger partial charge on any atom is 0.243 e. The molecule has 0 aliphatic rings. The van der Waals surface area contributed by atoms with Gasteiger partial charge >= 0.3 is 0 Å². The highest BCUT2D eigenvalue weighted by atomic mass is 32.2. The molecular formula is C9H8N2O3S. The van der Waals surface area contributed by atoms with Crippen molar-refractivity contribution in [2.24, 2.45) is 5.18 Å². The maximum atomic E-state index is 11.6. The van der Waals surface area contributed by atoms with Crippen molar-refractivity contribution in [1.29, 1.82) is 0 Å². The topological polar surface area (TPSA) is 75.6 Å². The van der Waals surface area contributed by atoms with Gasteiger partial charge < -0.3 is 0 Å². The molecular weight excluding hydrogens is 216 g/mol. The number of nitrogens with one attached hydrogen (secondary N) is 1. The molecule has 0 aromatic heterocycles. The second-order valence-electron chi connectivity index (χ2n) is 2.59. The molecule has 0 unspecified atom stereocenters. The Hall–Kier alpha value is -1.71. The van der Waals surface area contributed by atoms with Crippen LogP contribution < -0.4 is 4.72 Å². The van der Waals surface area contributed by atoms with Gasteiger partial charge in [-0.2, -0.15) is 4.72 Å². The van der Waals surface area contributed by atoms with Gasteiger partial charge in [0.25, 0.3) is 0 Å². The standard InChI is InChI=1S/C9H8N2O3S/c1-2-7-10-15(13,14)9-6-4-3-5-8(9)11-12/h1,3-6,10H,7H2. The zero-order valence-corrected chi connectivity index (χ0v) is 8.49. The summed E-state index contributed by atoms with van der Waals surface area (Å²) in [7, 11) is -3.75. The third-order valence-electron chi connectivity index (χ3n) is 1.62. The summed E-state index contributed by atoms with van der Waals surface area (Å²) in [6.45, 7) is -0.129. The van der Waals surface area contributed by atoms with Gasteiger partial charge in [-0.1, -0.05) is 18.1 Å². The minimum Gasteiger partial charge on any atom is -0.207 e. The van der Waals surface area contributed by atoms with Crippen LogP contribution in [0.3, 0.4) is 0 Å². The summed E-state index contributed by atoms with van der Waals surface area (Å²) in [5.41, 5.74) is -0.137. The number of nitroso groups, excluding NO2 is 1. The lowest BCUT2D eigenvalue weighted by molar-refractivity contribution is 0.586. The van der Waals surface area contributed by atoms with Gasteiger partial charge in [0, 0.05) is 0 Å². The van der Waals surface area contributed by atoms with Gasteiger partial charge in [-0.25, -0.2) is 8.42 Å². The van der Waals surface area contributed by atoms with E-state index in [9.17, 15) is 13.3 Å². The van der Waals surface area contributed by atoms with Crippen LogP contribution in [0.2, 0.25) is 0 Å². The van der Waals surface area contributed by atoms with Gasteiger partial charge in [0.2, 0.25) is 10.0 Å². The molecule has 0 saturated heterocycles. The maximum absolute atomic E-state index is 11.6. The minimum atomic E-state index is -3.75. The fraction of sp³-hybridized carbons (Fsp3) is 0.111. The van der Waals surface area contributed by atoms with E-state index in [1.165, 1.54) is 24.3 Å². The van der Waals surface area contributed by atoms with E-state index in [1.54, 1.807) is 0 Å². The zero-order chi connectivity index (χ0) is 11.3. The van der Waals surface area contributed by atoms with Gasteiger partial charge in [0.05, 0.1) is 6.54 Å². The second kappa shape index (κ2) is 4.68. The van der Waals surface area contributed by atoms with E-state index < -0.39 is 10.0 Å². The van der Waals surface area contributed by atoms with Crippen LogP contribution >= 0.6 is 0 Å². The van der Waals surface area contributed by atoms with Crippen LogP contribution in [0.25, 0.3) is 0 Å². The molecule has 1 aromatic rings. The molecule has 0 aliphatic heterocycles. The van der Waals surface area contributed by atoms with E-state index in [-0.39, 0.29) is 17.1 Å². The Balaban J connectivity index is 3.16. The lowest BCUT2D eigenvalue weighted by atomic mass is 10.3. The number of benzene rings is 1. The van der Waals surface area contributed by atoms with Crippen molar-refractivity contribution < 1.29 is 8.42 Å². The number of terminal acetylenes is 1. The van der Waals surface area contributed by atoms with E-state index in [0.29, 0.717) is 0 Å². The van der Waals surface area contributed by atoms with Crippen molar-refractivity contribution in [3.63, 3.8) is 0 Å². The second-order valence-corrected chi connectivity index (χ2v) is 4.32. The quantitative estimate of drug-likeness (QED) is 0.612. The largest absolute Gasteiger partial charge is 0.243 e. The van der Waals surface area contributed by atoms with Crippen molar-refractivity contribution >= 4 is 15.7 Å². The molecule has 0 fully saturated rings. The van der Waals surface area contributed by atoms with E-state index in [1.807, 2.05) is 0 Å². The molecule has 15 heavy (non-hydrogen) atoms. The summed E-state index contributed by atoms with van der Waals surface area (Å²) < 4.78 is 25.3. The Morgan fingerprint density at radius 3 is 2.67 bits per heavy atom. The summed E-state index contributed by atoms with van der Waals surface area (Å²) in [6.07, 6.45) is 4.92. The summed E-state index contributed by atoms with van der Waals surface area (Å²) in [5.74, 6) is 2.13. The predicted molar refractivity (Wildman–Crippen MR) is 55.9 cm³/mol. The lowest BCUT2D eigenvalue weighted by Crippen LogP contribution is -2.23. The number of sulfonamides is 1. The Kier molecular flexibility index (Phi) is 3.55. The molecule has 0 radical (unpaired) electrons. The molecule has 0 bridgehead atoms. The van der Waals surface area contributed by atoms with Crippen LogP contribution in [0.15, 0.2) is 34.3 Å². The first-order valence-electron chi connectivity index (χ1n) is 3.97. The van der Waals surface area contributed by atoms with E-state index in [4.69, 9.17) is 6.42 Å². The molecule has 0 amide bonds. The Morgan fingerprint density at radius 2 is 2.07 bits per heavy atom. The Labute approximate surface area is 87.5 Å². The Morgan fingerprint density at radius 1 is 1.40 bits per heavy atom. The molecule has 0 saturated carbocycles. The lowest BCUT2D eigenvalue weighted by Gasteiger charge is -2.04. The molecule has 0 spiro atoms. The van der Waals surface area contributed by atoms with Gasteiger partial charge in [0.1, 0.15) is 10.6 Å². The molecule has 0 atom stereocenters. The van der Waals surface area contributed by atoms with Crippen molar-refractivity contribution in [3.05, 3.63) is 29.2 Å². The van der Waals surface area contributed by atoms with Gasteiger partial charge in [-0.3, -0.25) is 0 Å². The highest BCUT2D eigenvalue weighted by Crippen LogP contribution is 2.22. The average Bonchev–Trinajstić information content (AvgIpc) is 2.26. The number of rotatable bonds is 4. The predicted octanol–water partition coefficient (Wildman–Crippen LogP) is 0.996. The van der Waals surface area contributed by atoms with E-state index in [0.717, 1.165) is 0 Å². The highest BCUT2D eigenvalue weighted by Gasteiger charge is 2.17.